The molecule has 16 heteroatoms. The van der Waals surface area contributed by atoms with Gasteiger partial charge in [-0.05, 0) is 110 Å². The lowest BCUT2D eigenvalue weighted by atomic mass is 9.96. The molecule has 65 heavy (non-hydrogen) atoms. The van der Waals surface area contributed by atoms with E-state index in [-0.39, 0.29) is 33.7 Å². The quantitative estimate of drug-likeness (QED) is 0.132. The molecule has 0 bridgehead atoms. The van der Waals surface area contributed by atoms with Crippen LogP contribution >= 0.6 is 35.8 Å². The van der Waals surface area contributed by atoms with Crippen molar-refractivity contribution in [2.45, 2.75) is 31.3 Å². The number of hydrogen-bond donors (Lipinski definition) is 0. The summed E-state index contributed by atoms with van der Waals surface area (Å²) in [5, 5.41) is 8.75. The number of amides is 4. The van der Waals surface area contributed by atoms with E-state index in [1.807, 2.05) is 54.6 Å². The van der Waals surface area contributed by atoms with Crippen LogP contribution in [0.1, 0.15) is 31.2 Å². The van der Waals surface area contributed by atoms with E-state index in [0.29, 0.717) is 53.0 Å². The first-order valence-corrected chi connectivity index (χ1v) is 22.9. The highest BCUT2D eigenvalue weighted by Gasteiger charge is 2.55. The van der Waals surface area contributed by atoms with E-state index in [9.17, 15) is 14.4 Å². The summed E-state index contributed by atoms with van der Waals surface area (Å²) in [7, 11) is 0. The average molecular weight is 917 g/mol. The van der Waals surface area contributed by atoms with Crippen molar-refractivity contribution < 1.29 is 19.2 Å². The molecule has 4 aliphatic rings. The number of carbonyl (C=O) groups excluding carboxylic acids is 4. The first kappa shape index (κ1) is 41.8. The van der Waals surface area contributed by atoms with Gasteiger partial charge in [-0.2, -0.15) is 4.68 Å². The molecule has 1 aliphatic carbocycles. The molecule has 0 N–H and O–H groups in total. The standard InChI is InChI=1S/C49H40N8O5S3/c58-41-38(42(59)54(35-22-10-3-11-23-35)47(63)53(41)34-20-8-2-9-21-34)31-51-49(28-16-17-29-49)52(57-45(62)40(65-46(57)50-51)30-33-18-6-1-7-19-33)32-39-43(60)55(36-24-12-4-13-25-36)48(64)56(44(39)61)37-26-14-5-15-27-37/h1-15,18-27,30,38-39H,16-17,28-29,31-32H2/b40-30+. The predicted octanol–water partition coefficient (Wildman–Crippen LogP) is 5.76. The molecule has 0 radical (unpaired) electrons. The molecule has 2 saturated heterocycles. The number of para-hydroxylation sites is 4. The Morgan fingerprint density at radius 2 is 0.908 bits per heavy atom. The summed E-state index contributed by atoms with van der Waals surface area (Å²) in [6.45, 7) is -0.452. The van der Waals surface area contributed by atoms with Crippen molar-refractivity contribution in [2.24, 2.45) is 16.9 Å². The van der Waals surface area contributed by atoms with Crippen molar-refractivity contribution in [3.05, 3.63) is 177 Å². The van der Waals surface area contributed by atoms with Gasteiger partial charge < -0.3 is 0 Å². The molecule has 13 nitrogen and oxygen atoms in total. The molecule has 3 fully saturated rings. The van der Waals surface area contributed by atoms with Crippen LogP contribution < -0.4 is 39.5 Å². The fraction of sp³-hybridized carbons (Fsp3) is 0.184. The van der Waals surface area contributed by atoms with E-state index >= 15 is 9.59 Å². The van der Waals surface area contributed by atoms with E-state index in [0.717, 1.165) is 16.9 Å². The zero-order chi connectivity index (χ0) is 44.8. The van der Waals surface area contributed by atoms with Gasteiger partial charge in [0.2, 0.25) is 28.4 Å². The first-order chi connectivity index (χ1) is 31.7. The summed E-state index contributed by atoms with van der Waals surface area (Å²) >= 11 is 13.0. The number of rotatable bonds is 9. The Labute approximate surface area is 388 Å². The lowest BCUT2D eigenvalue weighted by Crippen LogP contribution is -2.73. The molecule has 1 spiro atoms. The van der Waals surface area contributed by atoms with Gasteiger partial charge >= 0.3 is 0 Å². The van der Waals surface area contributed by atoms with Gasteiger partial charge in [0, 0.05) is 0 Å². The number of thiocarbonyl (C=S) groups is 2. The van der Waals surface area contributed by atoms with Gasteiger partial charge in [0.15, 0.2) is 10.2 Å². The smallest absolute Gasteiger partial charge is 0.279 e. The normalized spacial score (nSPS) is 18.3. The van der Waals surface area contributed by atoms with Gasteiger partial charge in [0.1, 0.15) is 17.5 Å². The van der Waals surface area contributed by atoms with Crippen molar-refractivity contribution in [3.8, 4) is 0 Å². The summed E-state index contributed by atoms with van der Waals surface area (Å²) < 4.78 is 1.86. The highest BCUT2D eigenvalue weighted by atomic mass is 32.1. The fourth-order valence-electron chi connectivity index (χ4n) is 9.21. The lowest BCUT2D eigenvalue weighted by molar-refractivity contribution is -0.134. The second kappa shape index (κ2) is 17.1. The third kappa shape index (κ3) is 7.23. The SMILES string of the molecule is O=C1C(CN2N=c3s/c(=C/c4ccccc4)c(=O)n3N(CC3C(=O)N(c4ccccc4)C(=S)N(c4ccccc4)C3=O)C23CCCC3)C(=O)N(c2ccccc2)C(=S)N1c1ccccc1. The monoisotopic (exact) mass is 916 g/mol. The topological polar surface area (TPSA) is 122 Å². The van der Waals surface area contributed by atoms with E-state index in [1.165, 1.54) is 24.3 Å². The van der Waals surface area contributed by atoms with E-state index in [2.05, 4.69) is 0 Å². The number of thiazole rings is 1. The number of benzene rings is 5. The Kier molecular flexibility index (Phi) is 11.0. The van der Waals surface area contributed by atoms with Gasteiger partial charge in [-0.15, -0.1) is 5.10 Å². The minimum Gasteiger partial charge on any atom is -0.279 e. The summed E-state index contributed by atoms with van der Waals surface area (Å²) in [6, 6.07) is 45.2. The van der Waals surface area contributed by atoms with Crippen molar-refractivity contribution in [3.63, 3.8) is 0 Å². The molecule has 1 saturated carbocycles. The summed E-state index contributed by atoms with van der Waals surface area (Å²) in [5.74, 6) is -4.82. The highest BCUT2D eigenvalue weighted by molar-refractivity contribution is 7.81. The maximum absolute atomic E-state index is 15.0. The van der Waals surface area contributed by atoms with Crippen LogP contribution in [0, 0.1) is 11.8 Å². The molecular formula is C49H40N8O5S3. The number of aromatic nitrogens is 1. The van der Waals surface area contributed by atoms with Gasteiger partial charge in [0.25, 0.3) is 5.56 Å². The summed E-state index contributed by atoms with van der Waals surface area (Å²) in [4.78, 5) is 80.6. The van der Waals surface area contributed by atoms with Crippen LogP contribution in [-0.4, -0.2) is 62.3 Å². The molecule has 10 rings (SSSR count). The van der Waals surface area contributed by atoms with Gasteiger partial charge in [0.05, 0.1) is 40.4 Å². The van der Waals surface area contributed by atoms with Crippen LogP contribution in [-0.2, 0) is 19.2 Å². The first-order valence-electron chi connectivity index (χ1n) is 21.2. The van der Waals surface area contributed by atoms with Crippen molar-refractivity contribution in [1.29, 1.82) is 0 Å². The molecule has 324 valence electrons. The van der Waals surface area contributed by atoms with Crippen LogP contribution in [0.2, 0.25) is 0 Å². The molecule has 5 aromatic carbocycles. The Hall–Kier alpha value is -7.14. The molecule has 1 aromatic heterocycles. The number of fused-ring (bicyclic) bond motifs is 1. The number of anilines is 4. The zero-order valence-electron chi connectivity index (χ0n) is 34.8. The minimum atomic E-state index is -1.36. The summed E-state index contributed by atoms with van der Waals surface area (Å²) in [5.41, 5.74) is 1.22. The molecule has 0 unspecified atom stereocenters. The second-order valence-corrected chi connectivity index (χ2v) is 17.8. The second-order valence-electron chi connectivity index (χ2n) is 16.1. The van der Waals surface area contributed by atoms with Crippen LogP contribution in [0.3, 0.4) is 0 Å². The lowest BCUT2D eigenvalue weighted by Gasteiger charge is -2.52. The maximum atomic E-state index is 15.0. The van der Waals surface area contributed by atoms with E-state index < -0.39 is 41.1 Å². The number of carbonyl (C=O) groups is 4. The Balaban J connectivity index is 1.13. The van der Waals surface area contributed by atoms with E-state index in [4.69, 9.17) is 29.5 Å². The van der Waals surface area contributed by atoms with Crippen LogP contribution in [0.15, 0.2) is 162 Å². The van der Waals surface area contributed by atoms with Gasteiger partial charge in [-0.25, -0.2) is 0 Å². The van der Waals surface area contributed by atoms with Gasteiger partial charge in [-0.1, -0.05) is 114 Å². The number of hydrogen-bond acceptors (Lipinski definition) is 11. The van der Waals surface area contributed by atoms with Crippen LogP contribution in [0.5, 0.6) is 0 Å². The molecule has 0 atom stereocenters. The molecule has 4 heterocycles. The van der Waals surface area contributed by atoms with Crippen molar-refractivity contribution in [1.82, 2.24) is 9.69 Å². The Bertz CT molecular complexity index is 2920. The van der Waals surface area contributed by atoms with Gasteiger partial charge in [-0.3, -0.25) is 53.6 Å². The van der Waals surface area contributed by atoms with Crippen LogP contribution in [0.4, 0.5) is 22.7 Å². The predicted molar refractivity (Wildman–Crippen MR) is 258 cm³/mol. The van der Waals surface area contributed by atoms with Crippen molar-refractivity contribution >= 4 is 98.5 Å². The molecular weight excluding hydrogens is 877 g/mol. The molecule has 4 amide bonds. The molecule has 3 aliphatic heterocycles. The summed E-state index contributed by atoms with van der Waals surface area (Å²) in [6.07, 6.45) is 4.06. The molecule has 6 aromatic rings. The number of nitrogens with zero attached hydrogens (tertiary/aromatic N) is 8. The van der Waals surface area contributed by atoms with Crippen LogP contribution in [0.25, 0.3) is 6.08 Å². The highest BCUT2D eigenvalue weighted by Crippen LogP contribution is 2.41. The minimum absolute atomic E-state index is 0.00538. The Morgan fingerprint density at radius 3 is 1.31 bits per heavy atom. The third-order valence-corrected chi connectivity index (χ3v) is 14.0. The van der Waals surface area contributed by atoms with E-state index in [1.54, 1.807) is 113 Å². The average Bonchev–Trinajstić information content (AvgIpc) is 3.94. The maximum Gasteiger partial charge on any atom is 0.289 e. The Morgan fingerprint density at radius 1 is 0.538 bits per heavy atom. The zero-order valence-corrected chi connectivity index (χ0v) is 37.2. The fourth-order valence-corrected chi connectivity index (χ4v) is 11.0. The van der Waals surface area contributed by atoms with Crippen molar-refractivity contribution in [2.75, 3.05) is 37.7 Å². The third-order valence-electron chi connectivity index (χ3n) is 12.3. The largest absolute Gasteiger partial charge is 0.289 e.